The van der Waals surface area contributed by atoms with E-state index >= 15 is 0 Å². The van der Waals surface area contributed by atoms with E-state index in [9.17, 15) is 13.2 Å². The molecule has 1 atom stereocenters. The van der Waals surface area contributed by atoms with E-state index in [1.54, 1.807) is 12.1 Å². The standard InChI is InChI=1S/C20H32N2O7S/c1-5-27-17-12-15(13-18(28-6-2)19(17)29-7-3)21-20(23)22(9-10-26-4)16-8-11-30(24,25)14-16/h12-13,16H,5-11,14H2,1-4H3,(H,21,23). The molecule has 2 rings (SSSR count). The Morgan fingerprint density at radius 2 is 1.70 bits per heavy atom. The lowest BCUT2D eigenvalue weighted by Gasteiger charge is -2.28. The van der Waals surface area contributed by atoms with Crippen LogP contribution in [0.15, 0.2) is 12.1 Å². The minimum atomic E-state index is -3.13. The molecule has 1 aromatic rings. The van der Waals surface area contributed by atoms with Crippen LogP contribution < -0.4 is 19.5 Å². The molecular formula is C20H32N2O7S. The van der Waals surface area contributed by atoms with E-state index < -0.39 is 15.9 Å². The molecule has 1 aliphatic heterocycles. The number of hydrogen-bond acceptors (Lipinski definition) is 7. The van der Waals surface area contributed by atoms with Crippen LogP contribution in [0.5, 0.6) is 17.2 Å². The molecule has 1 heterocycles. The molecule has 10 heteroatoms. The van der Waals surface area contributed by atoms with Gasteiger partial charge in [-0.1, -0.05) is 0 Å². The summed E-state index contributed by atoms with van der Waals surface area (Å²) in [5, 5.41) is 2.84. The van der Waals surface area contributed by atoms with Gasteiger partial charge in [-0.3, -0.25) is 0 Å². The molecule has 1 aliphatic rings. The molecule has 0 bridgehead atoms. The monoisotopic (exact) mass is 444 g/mol. The summed E-state index contributed by atoms with van der Waals surface area (Å²) in [7, 11) is -1.59. The Bertz CT molecular complexity index is 786. The number of rotatable bonds is 11. The third kappa shape index (κ3) is 6.40. The Kier molecular flexibility index (Phi) is 9.04. The number of methoxy groups -OCH3 is 1. The van der Waals surface area contributed by atoms with E-state index in [0.717, 1.165) is 0 Å². The quantitative estimate of drug-likeness (QED) is 0.559. The number of ether oxygens (including phenoxy) is 4. The van der Waals surface area contributed by atoms with Gasteiger partial charge in [0.1, 0.15) is 0 Å². The summed E-state index contributed by atoms with van der Waals surface area (Å²) in [6.45, 7) is 7.45. The number of carbonyl (C=O) groups is 1. The highest BCUT2D eigenvalue weighted by Gasteiger charge is 2.34. The molecule has 0 aromatic heterocycles. The lowest BCUT2D eigenvalue weighted by molar-refractivity contribution is 0.140. The third-order valence-corrected chi connectivity index (χ3v) is 6.36. The molecule has 170 valence electrons. The van der Waals surface area contributed by atoms with Crippen molar-refractivity contribution in [2.45, 2.75) is 33.2 Å². The van der Waals surface area contributed by atoms with Gasteiger partial charge < -0.3 is 29.2 Å². The molecule has 0 radical (unpaired) electrons. The van der Waals surface area contributed by atoms with Crippen molar-refractivity contribution >= 4 is 21.6 Å². The number of nitrogens with zero attached hydrogens (tertiary/aromatic N) is 1. The Balaban J connectivity index is 2.29. The van der Waals surface area contributed by atoms with Crippen LogP contribution in [0.25, 0.3) is 0 Å². The normalized spacial score (nSPS) is 17.4. The smallest absolute Gasteiger partial charge is 0.322 e. The molecule has 1 fully saturated rings. The van der Waals surface area contributed by atoms with Crippen molar-refractivity contribution in [3.05, 3.63) is 12.1 Å². The fourth-order valence-corrected chi connectivity index (χ4v) is 5.05. The number of nitrogens with one attached hydrogen (secondary N) is 1. The van der Waals surface area contributed by atoms with Gasteiger partial charge >= 0.3 is 6.03 Å². The maximum absolute atomic E-state index is 13.0. The second kappa shape index (κ2) is 11.3. The van der Waals surface area contributed by atoms with Gasteiger partial charge in [-0.15, -0.1) is 0 Å². The Morgan fingerprint density at radius 1 is 1.10 bits per heavy atom. The zero-order chi connectivity index (χ0) is 22.1. The zero-order valence-electron chi connectivity index (χ0n) is 18.1. The molecule has 30 heavy (non-hydrogen) atoms. The first kappa shape index (κ1) is 24.1. The van der Waals surface area contributed by atoms with E-state index in [2.05, 4.69) is 5.32 Å². The van der Waals surface area contributed by atoms with Crippen LogP contribution in [0, 0.1) is 0 Å². The summed E-state index contributed by atoms with van der Waals surface area (Å²) in [6.07, 6.45) is 0.414. The summed E-state index contributed by atoms with van der Waals surface area (Å²) < 4.78 is 45.9. The summed E-state index contributed by atoms with van der Waals surface area (Å²) >= 11 is 0. The van der Waals surface area contributed by atoms with Crippen LogP contribution in [-0.4, -0.2) is 77.0 Å². The predicted octanol–water partition coefficient (Wildman–Crippen LogP) is 2.55. The molecule has 1 unspecified atom stereocenters. The van der Waals surface area contributed by atoms with Crippen LogP contribution in [0.1, 0.15) is 27.2 Å². The minimum Gasteiger partial charge on any atom is -0.490 e. The number of anilines is 1. The number of benzene rings is 1. The van der Waals surface area contributed by atoms with Crippen LogP contribution in [0.3, 0.4) is 0 Å². The van der Waals surface area contributed by atoms with Crippen LogP contribution in [0.2, 0.25) is 0 Å². The average molecular weight is 445 g/mol. The van der Waals surface area contributed by atoms with Crippen molar-refractivity contribution in [1.82, 2.24) is 4.90 Å². The van der Waals surface area contributed by atoms with Gasteiger partial charge in [0, 0.05) is 31.8 Å². The Hall–Kier alpha value is -2.20. The number of sulfone groups is 1. The van der Waals surface area contributed by atoms with Crippen molar-refractivity contribution < 1.29 is 32.2 Å². The first-order chi connectivity index (χ1) is 14.3. The highest BCUT2D eigenvalue weighted by atomic mass is 32.2. The van der Waals surface area contributed by atoms with Gasteiger partial charge in [0.15, 0.2) is 21.3 Å². The van der Waals surface area contributed by atoms with E-state index in [1.165, 1.54) is 12.0 Å². The molecule has 0 spiro atoms. The van der Waals surface area contributed by atoms with Crippen molar-refractivity contribution in [2.24, 2.45) is 0 Å². The minimum absolute atomic E-state index is 0.0399. The molecule has 9 nitrogen and oxygen atoms in total. The number of hydrogen-bond donors (Lipinski definition) is 1. The van der Waals surface area contributed by atoms with Crippen molar-refractivity contribution in [2.75, 3.05) is 56.9 Å². The van der Waals surface area contributed by atoms with Crippen molar-refractivity contribution in [3.63, 3.8) is 0 Å². The summed E-state index contributed by atoms with van der Waals surface area (Å²) in [5.41, 5.74) is 0.471. The topological polar surface area (TPSA) is 103 Å². The second-order valence-corrected chi connectivity index (χ2v) is 9.00. The lowest BCUT2D eigenvalue weighted by atomic mass is 10.2. The molecule has 2 amide bonds. The Morgan fingerprint density at radius 3 is 2.17 bits per heavy atom. The zero-order valence-corrected chi connectivity index (χ0v) is 18.9. The van der Waals surface area contributed by atoms with Crippen molar-refractivity contribution in [3.8, 4) is 17.2 Å². The molecule has 0 aliphatic carbocycles. The fraction of sp³-hybridized carbons (Fsp3) is 0.650. The highest BCUT2D eigenvalue weighted by Crippen LogP contribution is 2.41. The molecule has 0 saturated carbocycles. The first-order valence-electron chi connectivity index (χ1n) is 10.2. The Labute approximate surface area is 178 Å². The molecule has 1 N–H and O–H groups in total. The number of amides is 2. The van der Waals surface area contributed by atoms with E-state index in [4.69, 9.17) is 18.9 Å². The van der Waals surface area contributed by atoms with E-state index in [1.807, 2.05) is 20.8 Å². The summed E-state index contributed by atoms with van der Waals surface area (Å²) in [6, 6.07) is 2.57. The average Bonchev–Trinajstić information content (AvgIpc) is 3.04. The van der Waals surface area contributed by atoms with Gasteiger partial charge in [-0.25, -0.2) is 13.2 Å². The highest BCUT2D eigenvalue weighted by molar-refractivity contribution is 7.91. The van der Waals surface area contributed by atoms with Gasteiger partial charge in [0.25, 0.3) is 0 Å². The van der Waals surface area contributed by atoms with Crippen molar-refractivity contribution in [1.29, 1.82) is 0 Å². The SMILES string of the molecule is CCOc1cc(NC(=O)N(CCOC)C2CCS(=O)(=O)C2)cc(OCC)c1OCC. The largest absolute Gasteiger partial charge is 0.490 e. The predicted molar refractivity (Wildman–Crippen MR) is 115 cm³/mol. The van der Waals surface area contributed by atoms with Gasteiger partial charge in [-0.05, 0) is 27.2 Å². The van der Waals surface area contributed by atoms with E-state index in [-0.39, 0.29) is 24.1 Å². The number of carbonyl (C=O) groups excluding carboxylic acids is 1. The maximum Gasteiger partial charge on any atom is 0.322 e. The second-order valence-electron chi connectivity index (χ2n) is 6.77. The van der Waals surface area contributed by atoms with Crippen LogP contribution in [0.4, 0.5) is 10.5 Å². The number of urea groups is 1. The van der Waals surface area contributed by atoms with E-state index in [0.29, 0.717) is 55.8 Å². The fourth-order valence-electron chi connectivity index (χ4n) is 3.32. The summed E-state index contributed by atoms with van der Waals surface area (Å²) in [4.78, 5) is 14.5. The van der Waals surface area contributed by atoms with Gasteiger partial charge in [-0.2, -0.15) is 0 Å². The third-order valence-electron chi connectivity index (χ3n) is 4.61. The van der Waals surface area contributed by atoms with Gasteiger partial charge in [0.05, 0.1) is 43.6 Å². The maximum atomic E-state index is 13.0. The molecule has 1 saturated heterocycles. The first-order valence-corrected chi connectivity index (χ1v) is 12.0. The molecular weight excluding hydrogens is 412 g/mol. The van der Waals surface area contributed by atoms with Crippen LogP contribution in [-0.2, 0) is 14.6 Å². The van der Waals surface area contributed by atoms with Gasteiger partial charge in [0.2, 0.25) is 5.75 Å². The molecule has 1 aromatic carbocycles. The van der Waals surface area contributed by atoms with Crippen LogP contribution >= 0.6 is 0 Å². The summed E-state index contributed by atoms with van der Waals surface area (Å²) in [5.74, 6) is 1.46. The lowest BCUT2D eigenvalue weighted by Crippen LogP contribution is -2.45.